The Hall–Kier alpha value is -0.100. The van der Waals surface area contributed by atoms with Crippen LogP contribution in [0.3, 0.4) is 0 Å². The van der Waals surface area contributed by atoms with Gasteiger partial charge in [0.1, 0.15) is 0 Å². The number of allylic oxidation sites excluding steroid dienone is 2. The monoisotopic (exact) mass is 310 g/mol. The van der Waals surface area contributed by atoms with E-state index in [-0.39, 0.29) is 18.8 Å². The molecule has 2 atom stereocenters. The van der Waals surface area contributed by atoms with E-state index in [1.807, 2.05) is 19.9 Å². The fourth-order valence-electron chi connectivity index (χ4n) is 2.19. The topological polar surface area (TPSA) is 52.6 Å². The van der Waals surface area contributed by atoms with Gasteiger partial charge in [0.25, 0.3) is 10.1 Å². The molecule has 0 aromatic carbocycles. The highest BCUT2D eigenvalue weighted by Gasteiger charge is 2.21. The molecule has 19 heavy (non-hydrogen) atoms. The van der Waals surface area contributed by atoms with Gasteiger partial charge in [0, 0.05) is 5.03 Å². The van der Waals surface area contributed by atoms with E-state index >= 15 is 0 Å². The Morgan fingerprint density at radius 2 is 2.16 bits per heavy atom. The zero-order chi connectivity index (χ0) is 14.5. The lowest BCUT2D eigenvalue weighted by Crippen LogP contribution is -2.28. The van der Waals surface area contributed by atoms with E-state index in [2.05, 4.69) is 0 Å². The first-order chi connectivity index (χ1) is 8.76. The Kier molecular flexibility index (Phi) is 6.80. The Morgan fingerprint density at radius 1 is 1.47 bits per heavy atom. The summed E-state index contributed by atoms with van der Waals surface area (Å²) in [7, 11) is -3.42. The summed E-state index contributed by atoms with van der Waals surface area (Å²) in [4.78, 5) is 0. The van der Waals surface area contributed by atoms with Gasteiger partial charge in [0.15, 0.2) is 0 Å². The number of ether oxygens (including phenoxy) is 1. The molecule has 1 rings (SSSR count). The summed E-state index contributed by atoms with van der Waals surface area (Å²) in [5.74, 6) is 0.481. The molecule has 2 unspecified atom stereocenters. The molecule has 1 aliphatic carbocycles. The molecule has 0 aliphatic heterocycles. The van der Waals surface area contributed by atoms with Gasteiger partial charge in [-0.25, -0.2) is 0 Å². The first-order valence-corrected chi connectivity index (χ1v) is 8.80. The number of hydrogen-bond acceptors (Lipinski definition) is 4. The average Bonchev–Trinajstić information content (AvgIpc) is 2.27. The van der Waals surface area contributed by atoms with Gasteiger partial charge in [-0.15, -0.1) is 0 Å². The molecule has 6 heteroatoms. The van der Waals surface area contributed by atoms with Crippen molar-refractivity contribution in [2.24, 2.45) is 5.92 Å². The highest BCUT2D eigenvalue weighted by atomic mass is 35.5. The molecule has 0 radical (unpaired) electrons. The van der Waals surface area contributed by atoms with Gasteiger partial charge in [-0.05, 0) is 45.4 Å². The van der Waals surface area contributed by atoms with E-state index in [0.29, 0.717) is 5.92 Å². The third-order valence-corrected chi connectivity index (χ3v) is 3.90. The predicted octanol–water partition coefficient (Wildman–Crippen LogP) is 3.07. The van der Waals surface area contributed by atoms with Crippen molar-refractivity contribution < 1.29 is 17.3 Å². The van der Waals surface area contributed by atoms with Crippen molar-refractivity contribution in [3.63, 3.8) is 0 Å². The Bertz CT molecular complexity index is 403. The number of rotatable bonds is 7. The third kappa shape index (κ3) is 7.92. The summed E-state index contributed by atoms with van der Waals surface area (Å²) in [5.41, 5.74) is 0. The predicted molar refractivity (Wildman–Crippen MR) is 76.7 cm³/mol. The standard InChI is InChI=1S/C13H23ClO4S/c1-10(2)18-13(9-17-19(3,15)16)8-11-4-6-12(14)7-5-11/h6,10-11,13H,4-5,7-9H2,1-3H3. The lowest BCUT2D eigenvalue weighted by molar-refractivity contribution is -0.0287. The van der Waals surface area contributed by atoms with Gasteiger partial charge in [-0.3, -0.25) is 4.18 Å². The second-order valence-electron chi connectivity index (χ2n) is 5.32. The zero-order valence-corrected chi connectivity index (χ0v) is 13.3. The first-order valence-electron chi connectivity index (χ1n) is 6.60. The van der Waals surface area contributed by atoms with Crippen LogP contribution in [-0.4, -0.2) is 33.5 Å². The van der Waals surface area contributed by atoms with Crippen LogP contribution in [0.5, 0.6) is 0 Å². The van der Waals surface area contributed by atoms with Crippen molar-refractivity contribution in [2.45, 2.75) is 51.7 Å². The molecular formula is C13H23ClO4S. The number of hydrogen-bond donors (Lipinski definition) is 0. The van der Waals surface area contributed by atoms with E-state index in [0.717, 1.165) is 37.0 Å². The Labute approximate surface area is 121 Å². The summed E-state index contributed by atoms with van der Waals surface area (Å²) in [5, 5.41) is 0.921. The van der Waals surface area contributed by atoms with Gasteiger partial charge >= 0.3 is 0 Å². The van der Waals surface area contributed by atoms with Crippen LogP contribution in [0.1, 0.15) is 39.5 Å². The van der Waals surface area contributed by atoms with Gasteiger partial charge in [0.05, 0.1) is 25.1 Å². The van der Waals surface area contributed by atoms with Crippen LogP contribution in [-0.2, 0) is 19.0 Å². The minimum Gasteiger partial charge on any atom is -0.373 e. The van der Waals surface area contributed by atoms with E-state index in [4.69, 9.17) is 20.5 Å². The SMILES string of the molecule is CC(C)OC(COS(C)(=O)=O)CC1CC=C(Cl)CC1. The van der Waals surface area contributed by atoms with Crippen LogP contribution in [0, 0.1) is 5.92 Å². The molecule has 0 spiro atoms. The second kappa shape index (κ2) is 7.62. The van der Waals surface area contributed by atoms with Gasteiger partial charge in [-0.1, -0.05) is 17.7 Å². The molecule has 0 saturated carbocycles. The van der Waals surface area contributed by atoms with Gasteiger partial charge in [0.2, 0.25) is 0 Å². The first kappa shape index (κ1) is 17.0. The highest BCUT2D eigenvalue weighted by Crippen LogP contribution is 2.29. The van der Waals surface area contributed by atoms with Crippen molar-refractivity contribution >= 4 is 21.7 Å². The summed E-state index contributed by atoms with van der Waals surface area (Å²) in [6.45, 7) is 3.96. The van der Waals surface area contributed by atoms with Crippen LogP contribution >= 0.6 is 11.6 Å². The molecule has 0 amide bonds. The summed E-state index contributed by atoms with van der Waals surface area (Å²) < 4.78 is 32.7. The van der Waals surface area contributed by atoms with Crippen molar-refractivity contribution in [2.75, 3.05) is 12.9 Å². The van der Waals surface area contributed by atoms with Crippen LogP contribution < -0.4 is 0 Å². The van der Waals surface area contributed by atoms with Crippen LogP contribution in [0.2, 0.25) is 0 Å². The third-order valence-electron chi connectivity index (χ3n) is 2.99. The van der Waals surface area contributed by atoms with E-state index < -0.39 is 10.1 Å². The smallest absolute Gasteiger partial charge is 0.264 e. The summed E-state index contributed by atoms with van der Waals surface area (Å²) >= 11 is 5.95. The van der Waals surface area contributed by atoms with Crippen LogP contribution in [0.4, 0.5) is 0 Å². The second-order valence-corrected chi connectivity index (χ2v) is 7.45. The van der Waals surface area contributed by atoms with Gasteiger partial charge in [-0.2, -0.15) is 8.42 Å². The molecule has 0 heterocycles. The van der Waals surface area contributed by atoms with Crippen LogP contribution in [0.15, 0.2) is 11.1 Å². The molecule has 0 N–H and O–H groups in total. The van der Waals surface area contributed by atoms with E-state index in [9.17, 15) is 8.42 Å². The van der Waals surface area contributed by atoms with E-state index in [1.54, 1.807) is 0 Å². The molecule has 4 nitrogen and oxygen atoms in total. The minimum absolute atomic E-state index is 0.0517. The molecule has 0 fully saturated rings. The largest absolute Gasteiger partial charge is 0.373 e. The van der Waals surface area contributed by atoms with Crippen molar-refractivity contribution in [1.82, 2.24) is 0 Å². The van der Waals surface area contributed by atoms with E-state index in [1.165, 1.54) is 0 Å². The Balaban J connectivity index is 2.49. The normalized spacial score (nSPS) is 22.4. The lowest BCUT2D eigenvalue weighted by Gasteiger charge is -2.26. The van der Waals surface area contributed by atoms with Gasteiger partial charge < -0.3 is 4.74 Å². The fourth-order valence-corrected chi connectivity index (χ4v) is 2.79. The van der Waals surface area contributed by atoms with Crippen molar-refractivity contribution in [1.29, 1.82) is 0 Å². The fraction of sp³-hybridized carbons (Fsp3) is 0.846. The van der Waals surface area contributed by atoms with Crippen LogP contribution in [0.25, 0.3) is 0 Å². The molecule has 0 bridgehead atoms. The molecule has 1 aliphatic rings. The zero-order valence-electron chi connectivity index (χ0n) is 11.8. The summed E-state index contributed by atoms with van der Waals surface area (Å²) in [6.07, 6.45) is 6.60. The lowest BCUT2D eigenvalue weighted by atomic mass is 9.89. The maximum atomic E-state index is 11.1. The molecule has 0 aromatic heterocycles. The Morgan fingerprint density at radius 3 is 2.63 bits per heavy atom. The quantitative estimate of drug-likeness (QED) is 0.678. The molecule has 112 valence electrons. The minimum atomic E-state index is -3.42. The molecular weight excluding hydrogens is 288 g/mol. The average molecular weight is 311 g/mol. The maximum Gasteiger partial charge on any atom is 0.264 e. The summed E-state index contributed by atoms with van der Waals surface area (Å²) in [6, 6.07) is 0. The molecule has 0 saturated heterocycles. The van der Waals surface area contributed by atoms with Crippen molar-refractivity contribution in [3.05, 3.63) is 11.1 Å². The maximum absolute atomic E-state index is 11.1. The molecule has 0 aromatic rings. The highest BCUT2D eigenvalue weighted by molar-refractivity contribution is 7.85. The van der Waals surface area contributed by atoms with Crippen molar-refractivity contribution in [3.8, 4) is 0 Å². The number of halogens is 1.